The van der Waals surface area contributed by atoms with E-state index in [1.807, 2.05) is 35.2 Å². The number of thioether (sulfide) groups is 1. The monoisotopic (exact) mass is 494 g/mol. The van der Waals surface area contributed by atoms with Gasteiger partial charge in [0.15, 0.2) is 0 Å². The van der Waals surface area contributed by atoms with Crippen LogP contribution >= 0.6 is 11.8 Å². The van der Waals surface area contributed by atoms with Crippen molar-refractivity contribution in [3.05, 3.63) is 74.7 Å². The fourth-order valence-corrected chi connectivity index (χ4v) is 4.97. The summed E-state index contributed by atoms with van der Waals surface area (Å²) in [5.74, 6) is -0.319. The lowest BCUT2D eigenvalue weighted by molar-refractivity contribution is -0.384. The van der Waals surface area contributed by atoms with Gasteiger partial charge in [0, 0.05) is 37.8 Å². The first-order valence-electron chi connectivity index (χ1n) is 11.5. The van der Waals surface area contributed by atoms with Crippen LogP contribution in [-0.2, 0) is 4.79 Å². The van der Waals surface area contributed by atoms with Gasteiger partial charge in [-0.05, 0) is 54.3 Å². The second kappa shape index (κ2) is 10.7. The molecule has 2 aliphatic heterocycles. The summed E-state index contributed by atoms with van der Waals surface area (Å²) in [5, 5.41) is 13.9. The largest absolute Gasteiger partial charge is 0.366 e. The van der Waals surface area contributed by atoms with Crippen molar-refractivity contribution in [2.45, 2.75) is 19.8 Å². The third kappa shape index (κ3) is 5.71. The molecule has 2 saturated heterocycles. The van der Waals surface area contributed by atoms with E-state index < -0.39 is 22.0 Å². The number of rotatable bonds is 7. The van der Waals surface area contributed by atoms with Crippen molar-refractivity contribution < 1.29 is 19.3 Å². The zero-order chi connectivity index (χ0) is 24.9. The van der Waals surface area contributed by atoms with Crippen LogP contribution in [0, 0.1) is 16.0 Å². The van der Waals surface area contributed by atoms with E-state index in [9.17, 15) is 24.5 Å². The molecule has 10 heteroatoms. The number of benzene rings is 2. The molecule has 182 valence electrons. The van der Waals surface area contributed by atoms with Crippen LogP contribution in [0.1, 0.15) is 35.7 Å². The molecule has 1 N–H and O–H groups in total. The minimum Gasteiger partial charge on any atom is -0.366 e. The standard InChI is InChI=1S/C25H26N4O5S/c1-17-9-12-27(13-10-17)20-8-7-19(16-21(20)29(33)34)23(30)26-11-14-28-24(31)22(35-25(28)32)15-18-5-3-2-4-6-18/h2-8,15-17H,9-14H2,1H3,(H,26,30). The van der Waals surface area contributed by atoms with Crippen LogP contribution in [0.2, 0.25) is 0 Å². The van der Waals surface area contributed by atoms with E-state index in [-0.39, 0.29) is 24.3 Å². The molecule has 2 heterocycles. The molecule has 0 radical (unpaired) electrons. The maximum Gasteiger partial charge on any atom is 0.293 e. The molecule has 0 unspecified atom stereocenters. The Balaban J connectivity index is 1.37. The van der Waals surface area contributed by atoms with Gasteiger partial charge in [0.1, 0.15) is 5.69 Å². The number of nitrogens with zero attached hydrogens (tertiary/aromatic N) is 3. The minimum atomic E-state index is -0.501. The molecule has 0 aliphatic carbocycles. The molecule has 4 rings (SSSR count). The van der Waals surface area contributed by atoms with Gasteiger partial charge in [-0.25, -0.2) is 0 Å². The van der Waals surface area contributed by atoms with Crippen LogP contribution in [0.25, 0.3) is 6.08 Å². The van der Waals surface area contributed by atoms with E-state index in [1.54, 1.807) is 18.2 Å². The maximum absolute atomic E-state index is 12.6. The fraction of sp³-hybridized carbons (Fsp3) is 0.320. The summed E-state index contributed by atoms with van der Waals surface area (Å²) < 4.78 is 0. The third-order valence-electron chi connectivity index (χ3n) is 6.15. The molecule has 0 saturated carbocycles. The van der Waals surface area contributed by atoms with E-state index in [0.717, 1.165) is 48.2 Å². The van der Waals surface area contributed by atoms with Crippen molar-refractivity contribution in [1.29, 1.82) is 0 Å². The van der Waals surface area contributed by atoms with Gasteiger partial charge in [0.05, 0.1) is 9.83 Å². The summed E-state index contributed by atoms with van der Waals surface area (Å²) in [7, 11) is 0. The quantitative estimate of drug-likeness (QED) is 0.347. The van der Waals surface area contributed by atoms with Gasteiger partial charge in [0.2, 0.25) is 0 Å². The molecule has 3 amide bonds. The second-order valence-corrected chi connectivity index (χ2v) is 9.62. The first-order valence-corrected chi connectivity index (χ1v) is 12.3. The van der Waals surface area contributed by atoms with E-state index in [2.05, 4.69) is 12.2 Å². The van der Waals surface area contributed by atoms with Gasteiger partial charge in [-0.3, -0.25) is 29.4 Å². The predicted octanol–water partition coefficient (Wildman–Crippen LogP) is 4.30. The van der Waals surface area contributed by atoms with Crippen LogP contribution in [-0.4, -0.2) is 53.1 Å². The highest BCUT2D eigenvalue weighted by atomic mass is 32.2. The summed E-state index contributed by atoms with van der Waals surface area (Å²) in [6, 6.07) is 13.7. The number of piperidine rings is 1. The molecule has 2 aromatic carbocycles. The highest BCUT2D eigenvalue weighted by Crippen LogP contribution is 2.33. The highest BCUT2D eigenvalue weighted by molar-refractivity contribution is 8.18. The van der Waals surface area contributed by atoms with Gasteiger partial charge in [0.25, 0.3) is 22.7 Å². The number of nitro groups is 1. The van der Waals surface area contributed by atoms with Crippen LogP contribution in [0.4, 0.5) is 16.2 Å². The number of amides is 3. The Kier molecular flexibility index (Phi) is 7.50. The molecular weight excluding hydrogens is 468 g/mol. The molecule has 2 aliphatic rings. The zero-order valence-corrected chi connectivity index (χ0v) is 20.1. The lowest BCUT2D eigenvalue weighted by atomic mass is 9.98. The highest BCUT2D eigenvalue weighted by Gasteiger charge is 2.34. The molecule has 9 nitrogen and oxygen atoms in total. The summed E-state index contributed by atoms with van der Waals surface area (Å²) in [6.45, 7) is 3.69. The molecule has 35 heavy (non-hydrogen) atoms. The Morgan fingerprint density at radius 1 is 1.17 bits per heavy atom. The number of anilines is 1. The minimum absolute atomic E-state index is 0.00861. The molecule has 2 aromatic rings. The van der Waals surface area contributed by atoms with Crippen molar-refractivity contribution in [1.82, 2.24) is 10.2 Å². The van der Waals surface area contributed by atoms with Crippen molar-refractivity contribution >= 4 is 46.3 Å². The van der Waals surface area contributed by atoms with E-state index in [1.165, 1.54) is 6.07 Å². The van der Waals surface area contributed by atoms with E-state index >= 15 is 0 Å². The SMILES string of the molecule is CC1CCN(c2ccc(C(=O)NCCN3C(=O)SC(=Cc4ccccc4)C3=O)cc2[N+](=O)[O-])CC1. The summed E-state index contributed by atoms with van der Waals surface area (Å²) in [4.78, 5) is 52.2. The van der Waals surface area contributed by atoms with Crippen LogP contribution < -0.4 is 10.2 Å². The topological polar surface area (TPSA) is 113 Å². The summed E-state index contributed by atoms with van der Waals surface area (Å²) >= 11 is 0.858. The normalized spacial score (nSPS) is 17.8. The van der Waals surface area contributed by atoms with Gasteiger partial charge in [-0.15, -0.1) is 0 Å². The van der Waals surface area contributed by atoms with Crippen LogP contribution in [0.15, 0.2) is 53.4 Å². The van der Waals surface area contributed by atoms with Gasteiger partial charge in [-0.1, -0.05) is 37.3 Å². The van der Waals surface area contributed by atoms with Crippen LogP contribution in [0.3, 0.4) is 0 Å². The Hall–Kier alpha value is -3.66. The number of nitro benzene ring substituents is 1. The van der Waals surface area contributed by atoms with Crippen molar-refractivity contribution in [2.75, 3.05) is 31.1 Å². The predicted molar refractivity (Wildman–Crippen MR) is 135 cm³/mol. The number of hydrogen-bond acceptors (Lipinski definition) is 7. The van der Waals surface area contributed by atoms with Gasteiger partial charge < -0.3 is 10.2 Å². The van der Waals surface area contributed by atoms with Gasteiger partial charge in [-0.2, -0.15) is 0 Å². The van der Waals surface area contributed by atoms with Gasteiger partial charge >= 0.3 is 0 Å². The number of carbonyl (C=O) groups is 3. The van der Waals surface area contributed by atoms with E-state index in [4.69, 9.17) is 0 Å². The van der Waals surface area contributed by atoms with Crippen molar-refractivity contribution in [3.8, 4) is 0 Å². The molecule has 0 atom stereocenters. The summed E-state index contributed by atoms with van der Waals surface area (Å²) in [5.41, 5.74) is 1.38. The molecular formula is C25H26N4O5S. The average molecular weight is 495 g/mol. The average Bonchev–Trinajstić information content (AvgIpc) is 3.12. The molecule has 2 fully saturated rings. The number of nitrogens with one attached hydrogen (secondary N) is 1. The Labute approximate surface area is 207 Å². The van der Waals surface area contributed by atoms with Crippen molar-refractivity contribution in [2.24, 2.45) is 5.92 Å². The Morgan fingerprint density at radius 3 is 2.57 bits per heavy atom. The Bertz CT molecular complexity index is 1180. The summed E-state index contributed by atoms with van der Waals surface area (Å²) in [6.07, 6.45) is 3.59. The third-order valence-corrected chi connectivity index (χ3v) is 7.06. The fourth-order valence-electron chi connectivity index (χ4n) is 4.10. The smallest absolute Gasteiger partial charge is 0.293 e. The molecule has 0 bridgehead atoms. The molecule has 0 aromatic heterocycles. The second-order valence-electron chi connectivity index (χ2n) is 8.63. The Morgan fingerprint density at radius 2 is 1.89 bits per heavy atom. The zero-order valence-electron chi connectivity index (χ0n) is 19.3. The number of carbonyl (C=O) groups excluding carboxylic acids is 3. The lowest BCUT2D eigenvalue weighted by Crippen LogP contribution is -2.37. The van der Waals surface area contributed by atoms with Crippen molar-refractivity contribution in [3.63, 3.8) is 0 Å². The maximum atomic E-state index is 12.6. The van der Waals surface area contributed by atoms with Crippen LogP contribution in [0.5, 0.6) is 0 Å². The number of hydrogen-bond donors (Lipinski definition) is 1. The number of imide groups is 1. The first-order chi connectivity index (χ1) is 16.8. The lowest BCUT2D eigenvalue weighted by Gasteiger charge is -2.31. The van der Waals surface area contributed by atoms with E-state index in [0.29, 0.717) is 16.5 Å². The molecule has 0 spiro atoms. The first kappa shape index (κ1) is 24.5.